The number of rotatable bonds is 1. The third kappa shape index (κ3) is 3.39. The number of hydrogen-bond donors (Lipinski definition) is 0. The number of carbonyl (C=O) groups excluding carboxylic acids is 1. The molecule has 0 unspecified atom stereocenters. The molecule has 1 amide bonds. The molecule has 1 atom stereocenters. The van der Waals surface area contributed by atoms with Gasteiger partial charge in [-0.1, -0.05) is 18.2 Å². The number of sulfone groups is 1. The van der Waals surface area contributed by atoms with E-state index in [4.69, 9.17) is 0 Å². The number of benzene rings is 1. The van der Waals surface area contributed by atoms with Crippen molar-refractivity contribution in [1.29, 1.82) is 0 Å². The van der Waals surface area contributed by atoms with Gasteiger partial charge >= 0.3 is 0 Å². The van der Waals surface area contributed by atoms with E-state index in [1.54, 1.807) is 18.2 Å². The fourth-order valence-electron chi connectivity index (χ4n) is 3.39. The van der Waals surface area contributed by atoms with Crippen molar-refractivity contribution in [2.75, 3.05) is 12.3 Å². The van der Waals surface area contributed by atoms with Gasteiger partial charge in [-0.2, -0.15) is 0 Å². The third-order valence-corrected chi connectivity index (χ3v) is 6.39. The van der Waals surface area contributed by atoms with Crippen molar-refractivity contribution in [2.45, 2.75) is 43.0 Å². The number of halogens is 2. The molecule has 1 aromatic carbocycles. The van der Waals surface area contributed by atoms with E-state index < -0.39 is 28.1 Å². The lowest BCUT2D eigenvalue weighted by molar-refractivity contribution is -0.143. The van der Waals surface area contributed by atoms with E-state index in [1.807, 2.05) is 0 Å². The molecule has 1 fully saturated rings. The summed E-state index contributed by atoms with van der Waals surface area (Å²) in [4.78, 5) is 14.3. The SMILES string of the molecule is O=C([C@@H]1CCCC(F)(F)C1)N1CCS(=O)(=O)c2ccccc2C1. The van der Waals surface area contributed by atoms with E-state index in [-0.39, 0.29) is 36.1 Å². The Morgan fingerprint density at radius 3 is 2.74 bits per heavy atom. The highest BCUT2D eigenvalue weighted by molar-refractivity contribution is 7.91. The molecule has 1 aromatic rings. The Balaban J connectivity index is 1.84. The molecule has 126 valence electrons. The molecule has 2 aliphatic rings. The Labute approximate surface area is 134 Å². The van der Waals surface area contributed by atoms with Crippen LogP contribution in [-0.2, 0) is 21.2 Å². The predicted octanol–water partition coefficient (Wildman–Crippen LogP) is 2.63. The van der Waals surface area contributed by atoms with Crippen molar-refractivity contribution >= 4 is 15.7 Å². The van der Waals surface area contributed by atoms with Gasteiger partial charge in [-0.3, -0.25) is 4.79 Å². The van der Waals surface area contributed by atoms with Crippen molar-refractivity contribution in [3.8, 4) is 0 Å². The van der Waals surface area contributed by atoms with Gasteiger partial charge in [0.15, 0.2) is 9.84 Å². The van der Waals surface area contributed by atoms with E-state index in [9.17, 15) is 22.0 Å². The van der Waals surface area contributed by atoms with Crippen LogP contribution in [0.15, 0.2) is 29.2 Å². The van der Waals surface area contributed by atoms with Crippen LogP contribution in [0.4, 0.5) is 8.78 Å². The van der Waals surface area contributed by atoms with Gasteiger partial charge < -0.3 is 4.90 Å². The minimum Gasteiger partial charge on any atom is -0.337 e. The molecule has 0 bridgehead atoms. The fourth-order valence-corrected chi connectivity index (χ4v) is 4.89. The van der Waals surface area contributed by atoms with Gasteiger partial charge in [0.05, 0.1) is 10.6 Å². The molecule has 7 heteroatoms. The van der Waals surface area contributed by atoms with E-state index in [2.05, 4.69) is 0 Å². The van der Waals surface area contributed by atoms with Gasteiger partial charge in [-0.15, -0.1) is 0 Å². The van der Waals surface area contributed by atoms with E-state index in [0.717, 1.165) is 0 Å². The van der Waals surface area contributed by atoms with Crippen LogP contribution >= 0.6 is 0 Å². The Morgan fingerprint density at radius 1 is 1.26 bits per heavy atom. The average molecular weight is 343 g/mol. The smallest absolute Gasteiger partial charge is 0.248 e. The molecule has 23 heavy (non-hydrogen) atoms. The third-order valence-electron chi connectivity index (χ3n) is 4.60. The second-order valence-electron chi connectivity index (χ2n) is 6.34. The zero-order chi connectivity index (χ0) is 16.7. The first kappa shape index (κ1) is 16.4. The zero-order valence-electron chi connectivity index (χ0n) is 12.7. The minimum atomic E-state index is -3.44. The zero-order valence-corrected chi connectivity index (χ0v) is 13.5. The molecule has 1 aliphatic heterocycles. The first-order valence-corrected chi connectivity index (χ1v) is 9.41. The summed E-state index contributed by atoms with van der Waals surface area (Å²) in [5, 5.41) is 0. The molecule has 3 rings (SSSR count). The van der Waals surface area contributed by atoms with E-state index >= 15 is 0 Å². The highest BCUT2D eigenvalue weighted by Crippen LogP contribution is 2.38. The van der Waals surface area contributed by atoms with Crippen LogP contribution in [0.25, 0.3) is 0 Å². The predicted molar refractivity (Wildman–Crippen MR) is 80.8 cm³/mol. The molecule has 0 N–H and O–H groups in total. The summed E-state index contributed by atoms with van der Waals surface area (Å²) in [6.07, 6.45) is 0.163. The van der Waals surface area contributed by atoms with Gasteiger partial charge in [-0.25, -0.2) is 17.2 Å². The highest BCUT2D eigenvalue weighted by Gasteiger charge is 2.41. The summed E-state index contributed by atoms with van der Waals surface area (Å²) in [6.45, 7) is 0.216. The van der Waals surface area contributed by atoms with E-state index in [1.165, 1.54) is 11.0 Å². The van der Waals surface area contributed by atoms with Crippen LogP contribution in [0, 0.1) is 5.92 Å². The minimum absolute atomic E-state index is 0.0535. The van der Waals surface area contributed by atoms with Crippen LogP contribution in [0.1, 0.15) is 31.2 Å². The molecule has 0 spiro atoms. The van der Waals surface area contributed by atoms with Crippen LogP contribution in [0.5, 0.6) is 0 Å². The molecule has 0 radical (unpaired) electrons. The lowest BCUT2D eigenvalue weighted by Crippen LogP contribution is -2.41. The number of amides is 1. The number of hydrogen-bond acceptors (Lipinski definition) is 3. The van der Waals surface area contributed by atoms with Crippen LogP contribution < -0.4 is 0 Å². The average Bonchev–Trinajstić information content (AvgIpc) is 2.62. The molecule has 1 saturated carbocycles. The monoisotopic (exact) mass is 343 g/mol. The van der Waals surface area contributed by atoms with Gasteiger partial charge in [0, 0.05) is 31.8 Å². The first-order chi connectivity index (χ1) is 10.8. The summed E-state index contributed by atoms with van der Waals surface area (Å²) < 4.78 is 51.7. The number of fused-ring (bicyclic) bond motifs is 1. The fraction of sp³-hybridized carbons (Fsp3) is 0.562. The summed E-state index contributed by atoms with van der Waals surface area (Å²) in [6, 6.07) is 6.58. The summed E-state index contributed by atoms with van der Waals surface area (Å²) in [5.74, 6) is -4.03. The number of nitrogens with zero attached hydrogens (tertiary/aromatic N) is 1. The Kier molecular flexibility index (Phi) is 4.16. The molecule has 1 aliphatic carbocycles. The van der Waals surface area contributed by atoms with E-state index in [0.29, 0.717) is 18.4 Å². The van der Waals surface area contributed by atoms with Crippen LogP contribution in [0.2, 0.25) is 0 Å². The standard InChI is InChI=1S/C16H19F2NO3S/c17-16(18)7-3-5-12(10-16)15(20)19-8-9-23(21,22)14-6-2-1-4-13(14)11-19/h1-2,4,6,12H,3,5,7-11H2/t12-/m1/s1. The van der Waals surface area contributed by atoms with Crippen molar-refractivity contribution in [3.63, 3.8) is 0 Å². The lowest BCUT2D eigenvalue weighted by atomic mass is 9.85. The second-order valence-corrected chi connectivity index (χ2v) is 8.41. The summed E-state index contributed by atoms with van der Waals surface area (Å²) in [7, 11) is -3.44. The molecule has 4 nitrogen and oxygen atoms in total. The van der Waals surface area contributed by atoms with Gasteiger partial charge in [-0.05, 0) is 24.5 Å². The van der Waals surface area contributed by atoms with Crippen LogP contribution in [0.3, 0.4) is 0 Å². The van der Waals surface area contributed by atoms with Crippen molar-refractivity contribution in [1.82, 2.24) is 4.90 Å². The number of alkyl halides is 2. The summed E-state index contributed by atoms with van der Waals surface area (Å²) in [5.41, 5.74) is 0.556. The molecule has 1 heterocycles. The highest BCUT2D eigenvalue weighted by atomic mass is 32.2. The Morgan fingerprint density at radius 2 is 2.00 bits per heavy atom. The van der Waals surface area contributed by atoms with Crippen molar-refractivity contribution in [2.24, 2.45) is 5.92 Å². The lowest BCUT2D eigenvalue weighted by Gasteiger charge is -2.32. The quantitative estimate of drug-likeness (QED) is 0.788. The van der Waals surface area contributed by atoms with Gasteiger partial charge in [0.2, 0.25) is 11.8 Å². The maximum absolute atomic E-state index is 13.6. The Hall–Kier alpha value is -1.50. The second kappa shape index (κ2) is 5.85. The maximum Gasteiger partial charge on any atom is 0.248 e. The van der Waals surface area contributed by atoms with Crippen molar-refractivity contribution < 1.29 is 22.0 Å². The molecular formula is C16H19F2NO3S. The topological polar surface area (TPSA) is 54.5 Å². The molecule has 0 aromatic heterocycles. The first-order valence-electron chi connectivity index (χ1n) is 7.76. The van der Waals surface area contributed by atoms with Crippen LogP contribution in [-0.4, -0.2) is 37.4 Å². The molecule has 0 saturated heterocycles. The van der Waals surface area contributed by atoms with Crippen molar-refractivity contribution in [3.05, 3.63) is 29.8 Å². The normalized spacial score (nSPS) is 26.2. The number of carbonyl (C=O) groups is 1. The Bertz CT molecular complexity index is 718. The largest absolute Gasteiger partial charge is 0.337 e. The van der Waals surface area contributed by atoms with Gasteiger partial charge in [0.25, 0.3) is 0 Å². The summed E-state index contributed by atoms with van der Waals surface area (Å²) >= 11 is 0. The van der Waals surface area contributed by atoms with Gasteiger partial charge in [0.1, 0.15) is 0 Å². The maximum atomic E-state index is 13.6. The molecular weight excluding hydrogens is 324 g/mol.